The molecule has 0 aliphatic heterocycles. The molecule has 92 valence electrons. The van der Waals surface area contributed by atoms with E-state index < -0.39 is 0 Å². The maximum atomic E-state index is 5.46. The number of imidazole rings is 1. The average Bonchev–Trinajstić information content (AvgIpc) is 2.62. The summed E-state index contributed by atoms with van der Waals surface area (Å²) in [5.74, 6) is 0. The number of nitrogens with one attached hydrogen (secondary N) is 1. The Hall–Kier alpha value is -1.09. The largest absolute Gasteiger partial charge is 0.331 e. The molecule has 0 bridgehead atoms. The number of aryl methyl sites for hydroxylation is 1. The normalized spacial score (nSPS) is 13.1. The van der Waals surface area contributed by atoms with Crippen LogP contribution in [0.3, 0.4) is 0 Å². The zero-order valence-electron chi connectivity index (χ0n) is 10.8. The van der Waals surface area contributed by atoms with Crippen molar-refractivity contribution >= 4 is 23.3 Å². The summed E-state index contributed by atoms with van der Waals surface area (Å²) in [4.78, 5) is 3.31. The van der Waals surface area contributed by atoms with Crippen LogP contribution >= 0.6 is 12.2 Å². The van der Waals surface area contributed by atoms with Crippen molar-refractivity contribution in [1.29, 1.82) is 0 Å². The van der Waals surface area contributed by atoms with Gasteiger partial charge >= 0.3 is 0 Å². The van der Waals surface area contributed by atoms with Gasteiger partial charge < -0.3 is 9.55 Å². The Balaban J connectivity index is 2.62. The fourth-order valence-corrected chi connectivity index (χ4v) is 2.80. The van der Waals surface area contributed by atoms with Gasteiger partial charge in [-0.05, 0) is 49.7 Å². The molecule has 0 spiro atoms. The molecule has 0 saturated heterocycles. The number of hydrogen-bond acceptors (Lipinski definition) is 1. The van der Waals surface area contributed by atoms with Gasteiger partial charge in [0.15, 0.2) is 4.77 Å². The first-order valence-electron chi connectivity index (χ1n) is 6.38. The van der Waals surface area contributed by atoms with Crippen molar-refractivity contribution in [3.63, 3.8) is 0 Å². The van der Waals surface area contributed by atoms with E-state index in [1.165, 1.54) is 23.9 Å². The summed E-state index contributed by atoms with van der Waals surface area (Å²) in [6.07, 6.45) is 3.51. The first-order valence-corrected chi connectivity index (χ1v) is 6.79. The molecule has 0 radical (unpaired) electrons. The molecule has 0 saturated carbocycles. The van der Waals surface area contributed by atoms with Crippen molar-refractivity contribution in [3.8, 4) is 0 Å². The van der Waals surface area contributed by atoms with Crippen LogP contribution in [-0.4, -0.2) is 9.55 Å². The van der Waals surface area contributed by atoms with Crippen LogP contribution in [0.15, 0.2) is 18.2 Å². The molecule has 2 rings (SSSR count). The number of aromatic nitrogens is 2. The fourth-order valence-electron chi connectivity index (χ4n) is 2.44. The lowest BCUT2D eigenvalue weighted by molar-refractivity contribution is 0.454. The second kappa shape index (κ2) is 5.05. The van der Waals surface area contributed by atoms with Crippen molar-refractivity contribution in [2.75, 3.05) is 0 Å². The Morgan fingerprint density at radius 1 is 1.35 bits per heavy atom. The lowest BCUT2D eigenvalue weighted by atomic mass is 10.1. The Bertz CT molecular complexity index is 565. The number of nitrogens with zero attached hydrogens (tertiary/aromatic N) is 1. The van der Waals surface area contributed by atoms with Gasteiger partial charge in [0.25, 0.3) is 0 Å². The average molecular weight is 248 g/mol. The van der Waals surface area contributed by atoms with E-state index in [0.29, 0.717) is 6.04 Å². The molecule has 3 heteroatoms. The monoisotopic (exact) mass is 248 g/mol. The number of rotatable bonds is 4. The molecule has 1 aromatic carbocycles. The highest BCUT2D eigenvalue weighted by Crippen LogP contribution is 2.25. The minimum absolute atomic E-state index is 0.517. The molecule has 17 heavy (non-hydrogen) atoms. The number of hydrogen-bond donors (Lipinski definition) is 1. The third-order valence-corrected chi connectivity index (χ3v) is 3.63. The second-order valence-electron chi connectivity index (χ2n) is 4.67. The molecule has 1 N–H and O–H groups in total. The SMILES string of the molecule is CCCC(CC)n1c(=S)[nH]c2ccc(C)cc21. The molecule has 2 nitrogen and oxygen atoms in total. The Labute approximate surface area is 108 Å². The van der Waals surface area contributed by atoms with E-state index in [0.717, 1.165) is 16.7 Å². The molecule has 0 amide bonds. The minimum Gasteiger partial charge on any atom is -0.331 e. The lowest BCUT2D eigenvalue weighted by Crippen LogP contribution is -2.07. The number of aromatic amines is 1. The third-order valence-electron chi connectivity index (χ3n) is 3.33. The van der Waals surface area contributed by atoms with E-state index >= 15 is 0 Å². The first kappa shape index (κ1) is 12.4. The Kier molecular flexibility index (Phi) is 3.67. The van der Waals surface area contributed by atoms with E-state index in [9.17, 15) is 0 Å². The fraction of sp³-hybridized carbons (Fsp3) is 0.500. The van der Waals surface area contributed by atoms with Crippen LogP contribution in [-0.2, 0) is 0 Å². The summed E-state index contributed by atoms with van der Waals surface area (Å²) < 4.78 is 3.15. The van der Waals surface area contributed by atoms with E-state index in [4.69, 9.17) is 12.2 Å². The standard InChI is InChI=1S/C14H20N2S/c1-4-6-11(5-2)16-13-9-10(3)7-8-12(13)15-14(16)17/h7-9,11H,4-6H2,1-3H3,(H,15,17). The predicted molar refractivity (Wildman–Crippen MR) is 76.1 cm³/mol. The van der Waals surface area contributed by atoms with Crippen LogP contribution in [0.2, 0.25) is 0 Å². The quantitative estimate of drug-likeness (QED) is 0.774. The maximum Gasteiger partial charge on any atom is 0.178 e. The van der Waals surface area contributed by atoms with E-state index in [1.807, 2.05) is 0 Å². The van der Waals surface area contributed by atoms with E-state index in [-0.39, 0.29) is 0 Å². The zero-order valence-corrected chi connectivity index (χ0v) is 11.6. The maximum absolute atomic E-state index is 5.46. The molecule has 1 aromatic heterocycles. The van der Waals surface area contributed by atoms with Crippen LogP contribution < -0.4 is 0 Å². The predicted octanol–water partition coefficient (Wildman–Crippen LogP) is 4.76. The second-order valence-corrected chi connectivity index (χ2v) is 5.06. The summed E-state index contributed by atoms with van der Waals surface area (Å²) in [7, 11) is 0. The van der Waals surface area contributed by atoms with Crippen molar-refractivity contribution in [2.24, 2.45) is 0 Å². The third kappa shape index (κ3) is 2.29. The molecular formula is C14H20N2S. The first-order chi connectivity index (χ1) is 8.17. The molecular weight excluding hydrogens is 228 g/mol. The summed E-state index contributed by atoms with van der Waals surface area (Å²) >= 11 is 5.46. The van der Waals surface area contributed by atoms with Crippen molar-refractivity contribution in [2.45, 2.75) is 46.1 Å². The highest BCUT2D eigenvalue weighted by Gasteiger charge is 2.12. The van der Waals surface area contributed by atoms with Crippen LogP contribution in [0.5, 0.6) is 0 Å². The highest BCUT2D eigenvalue weighted by molar-refractivity contribution is 7.71. The number of fused-ring (bicyclic) bond motifs is 1. The van der Waals surface area contributed by atoms with Gasteiger partial charge in [-0.15, -0.1) is 0 Å². The van der Waals surface area contributed by atoms with Crippen LogP contribution in [0.25, 0.3) is 11.0 Å². The summed E-state index contributed by atoms with van der Waals surface area (Å²) in [5, 5.41) is 0. The van der Waals surface area contributed by atoms with Gasteiger partial charge in [-0.2, -0.15) is 0 Å². The van der Waals surface area contributed by atoms with Crippen LogP contribution in [0, 0.1) is 11.7 Å². The van der Waals surface area contributed by atoms with Gasteiger partial charge in [0.1, 0.15) is 0 Å². The van der Waals surface area contributed by atoms with Crippen LogP contribution in [0.4, 0.5) is 0 Å². The molecule has 0 aliphatic rings. The van der Waals surface area contributed by atoms with Gasteiger partial charge in [0, 0.05) is 6.04 Å². The Morgan fingerprint density at radius 3 is 2.76 bits per heavy atom. The minimum atomic E-state index is 0.517. The molecule has 1 heterocycles. The molecule has 1 unspecified atom stereocenters. The number of H-pyrrole nitrogens is 1. The van der Waals surface area contributed by atoms with Gasteiger partial charge in [-0.3, -0.25) is 0 Å². The molecule has 0 aliphatic carbocycles. The summed E-state index contributed by atoms with van der Waals surface area (Å²) in [6.45, 7) is 6.59. The summed E-state index contributed by atoms with van der Waals surface area (Å²) in [6, 6.07) is 6.98. The van der Waals surface area contributed by atoms with Gasteiger partial charge in [-0.1, -0.05) is 26.3 Å². The van der Waals surface area contributed by atoms with E-state index in [1.54, 1.807) is 0 Å². The summed E-state index contributed by atoms with van der Waals surface area (Å²) in [5.41, 5.74) is 3.68. The molecule has 2 aromatic rings. The van der Waals surface area contributed by atoms with Crippen LogP contribution in [0.1, 0.15) is 44.7 Å². The van der Waals surface area contributed by atoms with Gasteiger partial charge in [0.05, 0.1) is 11.0 Å². The Morgan fingerprint density at radius 2 is 2.12 bits per heavy atom. The number of benzene rings is 1. The lowest BCUT2D eigenvalue weighted by Gasteiger charge is -2.17. The van der Waals surface area contributed by atoms with E-state index in [2.05, 4.69) is 48.5 Å². The highest BCUT2D eigenvalue weighted by atomic mass is 32.1. The van der Waals surface area contributed by atoms with Crippen molar-refractivity contribution < 1.29 is 0 Å². The van der Waals surface area contributed by atoms with Gasteiger partial charge in [-0.25, -0.2) is 0 Å². The van der Waals surface area contributed by atoms with Crippen molar-refractivity contribution in [3.05, 3.63) is 28.5 Å². The molecule has 1 atom stereocenters. The molecule has 0 fully saturated rings. The van der Waals surface area contributed by atoms with Crippen molar-refractivity contribution in [1.82, 2.24) is 9.55 Å². The van der Waals surface area contributed by atoms with Gasteiger partial charge in [0.2, 0.25) is 0 Å². The zero-order chi connectivity index (χ0) is 12.4. The topological polar surface area (TPSA) is 20.7 Å². The smallest absolute Gasteiger partial charge is 0.178 e.